The number of hydrogen-bond donors (Lipinski definition) is 2. The van der Waals surface area contributed by atoms with E-state index >= 15 is 0 Å². The number of hydrogen-bond acceptors (Lipinski definition) is 5. The Balaban J connectivity index is 2.43. The van der Waals surface area contributed by atoms with E-state index in [0.717, 1.165) is 0 Å². The van der Waals surface area contributed by atoms with Crippen LogP contribution < -0.4 is 11.1 Å². The highest BCUT2D eigenvalue weighted by molar-refractivity contribution is 5.89. The van der Waals surface area contributed by atoms with Crippen LogP contribution in [0.1, 0.15) is 6.42 Å². The minimum Gasteiger partial charge on any atom is -0.380 e. The van der Waals surface area contributed by atoms with Crippen LogP contribution in [0.2, 0.25) is 0 Å². The van der Waals surface area contributed by atoms with Gasteiger partial charge in [0.15, 0.2) is 5.82 Å². The molecule has 1 atom stereocenters. The van der Waals surface area contributed by atoms with E-state index in [4.69, 9.17) is 10.5 Å². The molecule has 0 fully saturated rings. The number of rotatable bonds is 5. The van der Waals surface area contributed by atoms with Crippen molar-refractivity contribution in [2.45, 2.75) is 12.5 Å². The monoisotopic (exact) mass is 210 g/mol. The molecule has 0 saturated carbocycles. The molecule has 0 aliphatic carbocycles. The first-order chi connectivity index (χ1) is 7.26. The van der Waals surface area contributed by atoms with E-state index in [-0.39, 0.29) is 18.4 Å². The zero-order valence-electron chi connectivity index (χ0n) is 8.51. The summed E-state index contributed by atoms with van der Waals surface area (Å²) < 4.78 is 4.99. The van der Waals surface area contributed by atoms with Crippen LogP contribution in [0, 0.1) is 0 Å². The van der Waals surface area contributed by atoms with Crippen molar-refractivity contribution in [1.82, 2.24) is 9.97 Å². The first-order valence-electron chi connectivity index (χ1n) is 4.55. The van der Waals surface area contributed by atoms with Crippen LogP contribution in [0.5, 0.6) is 0 Å². The number of nitrogens with one attached hydrogen (secondary N) is 1. The highest BCUT2D eigenvalue weighted by atomic mass is 16.5. The summed E-state index contributed by atoms with van der Waals surface area (Å²) in [6.07, 6.45) is 4.47. The Morgan fingerprint density at radius 3 is 3.00 bits per heavy atom. The van der Waals surface area contributed by atoms with Gasteiger partial charge in [-0.25, -0.2) is 4.98 Å². The zero-order chi connectivity index (χ0) is 11.1. The van der Waals surface area contributed by atoms with E-state index in [0.29, 0.717) is 12.4 Å². The van der Waals surface area contributed by atoms with Crippen LogP contribution in [0.4, 0.5) is 5.82 Å². The van der Waals surface area contributed by atoms with Crippen LogP contribution in [0.3, 0.4) is 0 Å². The topological polar surface area (TPSA) is 90.1 Å². The molecule has 1 heterocycles. The quantitative estimate of drug-likeness (QED) is 0.701. The average Bonchev–Trinajstić information content (AvgIpc) is 2.27. The van der Waals surface area contributed by atoms with E-state index in [2.05, 4.69) is 15.3 Å². The van der Waals surface area contributed by atoms with Gasteiger partial charge in [-0.3, -0.25) is 9.78 Å². The number of amides is 1. The van der Waals surface area contributed by atoms with Gasteiger partial charge in [-0.1, -0.05) is 0 Å². The van der Waals surface area contributed by atoms with Crippen LogP contribution in [-0.4, -0.2) is 35.6 Å². The van der Waals surface area contributed by atoms with E-state index in [1.54, 1.807) is 0 Å². The van der Waals surface area contributed by atoms with Crippen LogP contribution >= 0.6 is 0 Å². The lowest BCUT2D eigenvalue weighted by Crippen LogP contribution is -2.28. The highest BCUT2D eigenvalue weighted by Gasteiger charge is 2.11. The van der Waals surface area contributed by atoms with Gasteiger partial charge < -0.3 is 15.8 Å². The Morgan fingerprint density at radius 1 is 1.67 bits per heavy atom. The van der Waals surface area contributed by atoms with Crippen molar-refractivity contribution >= 4 is 11.7 Å². The second kappa shape index (κ2) is 6.05. The summed E-state index contributed by atoms with van der Waals surface area (Å²) in [5.41, 5.74) is 5.39. The SMILES string of the molecule is COC(CN)CC(=O)Nc1cnccn1. The fourth-order valence-corrected chi connectivity index (χ4v) is 1.03. The molecule has 1 aromatic rings. The van der Waals surface area contributed by atoms with Gasteiger partial charge >= 0.3 is 0 Å². The maximum absolute atomic E-state index is 11.4. The number of ether oxygens (including phenoxy) is 1. The van der Waals surface area contributed by atoms with Crippen molar-refractivity contribution in [2.24, 2.45) is 5.73 Å². The molecule has 0 saturated heterocycles. The molecule has 0 bridgehead atoms. The molecule has 1 unspecified atom stereocenters. The highest BCUT2D eigenvalue weighted by Crippen LogP contribution is 2.01. The van der Waals surface area contributed by atoms with Gasteiger partial charge in [0.2, 0.25) is 5.91 Å². The zero-order valence-corrected chi connectivity index (χ0v) is 8.51. The van der Waals surface area contributed by atoms with Gasteiger partial charge in [-0.05, 0) is 0 Å². The third kappa shape index (κ3) is 4.01. The molecule has 1 rings (SSSR count). The van der Waals surface area contributed by atoms with E-state index in [1.165, 1.54) is 25.7 Å². The minimum absolute atomic E-state index is 0.187. The molecule has 0 spiro atoms. The molecule has 0 aromatic carbocycles. The van der Waals surface area contributed by atoms with Crippen molar-refractivity contribution in [3.8, 4) is 0 Å². The lowest BCUT2D eigenvalue weighted by molar-refractivity contribution is -0.118. The minimum atomic E-state index is -0.262. The largest absolute Gasteiger partial charge is 0.380 e. The Kier molecular flexibility index (Phi) is 4.65. The van der Waals surface area contributed by atoms with Gasteiger partial charge in [-0.2, -0.15) is 0 Å². The van der Waals surface area contributed by atoms with Gasteiger partial charge in [0, 0.05) is 26.0 Å². The molecule has 82 valence electrons. The van der Waals surface area contributed by atoms with Crippen molar-refractivity contribution in [3.63, 3.8) is 0 Å². The summed E-state index contributed by atoms with van der Waals surface area (Å²) in [6.45, 7) is 0.310. The standard InChI is InChI=1S/C9H14N4O2/c1-15-7(5-10)4-9(14)13-8-6-11-2-3-12-8/h2-3,6-7H,4-5,10H2,1H3,(H,12,13,14). The third-order valence-corrected chi connectivity index (χ3v) is 1.84. The summed E-state index contributed by atoms with van der Waals surface area (Å²) in [5, 5.41) is 2.59. The molecule has 1 aromatic heterocycles. The number of methoxy groups -OCH3 is 1. The molecule has 3 N–H and O–H groups in total. The third-order valence-electron chi connectivity index (χ3n) is 1.84. The van der Waals surface area contributed by atoms with Crippen molar-refractivity contribution in [1.29, 1.82) is 0 Å². The molecule has 6 nitrogen and oxygen atoms in total. The van der Waals surface area contributed by atoms with Gasteiger partial charge in [-0.15, -0.1) is 0 Å². The van der Waals surface area contributed by atoms with Crippen LogP contribution in [-0.2, 0) is 9.53 Å². The summed E-state index contributed by atoms with van der Waals surface area (Å²) in [5.74, 6) is 0.238. The predicted octanol–water partition coefficient (Wildman–Crippen LogP) is -0.221. The smallest absolute Gasteiger partial charge is 0.228 e. The van der Waals surface area contributed by atoms with Gasteiger partial charge in [0.25, 0.3) is 0 Å². The normalized spacial score (nSPS) is 12.1. The average molecular weight is 210 g/mol. The van der Waals surface area contributed by atoms with Crippen molar-refractivity contribution < 1.29 is 9.53 Å². The van der Waals surface area contributed by atoms with E-state index < -0.39 is 0 Å². The lowest BCUT2D eigenvalue weighted by atomic mass is 10.2. The number of nitrogens with two attached hydrogens (primary N) is 1. The summed E-state index contributed by atoms with van der Waals surface area (Å²) >= 11 is 0. The second-order valence-corrected chi connectivity index (χ2v) is 2.94. The maximum Gasteiger partial charge on any atom is 0.228 e. The van der Waals surface area contributed by atoms with E-state index in [9.17, 15) is 4.79 Å². The summed E-state index contributed by atoms with van der Waals surface area (Å²) in [6, 6.07) is 0. The molecular weight excluding hydrogens is 196 g/mol. The Labute approximate surface area is 87.9 Å². The number of aromatic nitrogens is 2. The van der Waals surface area contributed by atoms with Crippen molar-refractivity contribution in [2.75, 3.05) is 19.0 Å². The fraction of sp³-hybridized carbons (Fsp3) is 0.444. The molecule has 0 aliphatic heterocycles. The molecule has 0 aliphatic rings. The Morgan fingerprint density at radius 2 is 2.47 bits per heavy atom. The Hall–Kier alpha value is -1.53. The summed E-state index contributed by atoms with van der Waals surface area (Å²) in [4.78, 5) is 19.2. The van der Waals surface area contributed by atoms with Crippen LogP contribution in [0.25, 0.3) is 0 Å². The number of carbonyl (C=O) groups is 1. The van der Waals surface area contributed by atoms with Gasteiger partial charge in [0.1, 0.15) is 0 Å². The molecule has 15 heavy (non-hydrogen) atoms. The molecule has 0 radical (unpaired) electrons. The maximum atomic E-state index is 11.4. The Bertz CT molecular complexity index is 300. The lowest BCUT2D eigenvalue weighted by Gasteiger charge is -2.11. The number of carbonyl (C=O) groups excluding carboxylic acids is 1. The van der Waals surface area contributed by atoms with E-state index in [1.807, 2.05) is 0 Å². The molecular formula is C9H14N4O2. The van der Waals surface area contributed by atoms with Gasteiger partial charge in [0.05, 0.1) is 18.7 Å². The van der Waals surface area contributed by atoms with Crippen LogP contribution in [0.15, 0.2) is 18.6 Å². The van der Waals surface area contributed by atoms with Crippen molar-refractivity contribution in [3.05, 3.63) is 18.6 Å². The molecule has 1 amide bonds. The first-order valence-corrected chi connectivity index (χ1v) is 4.55. The summed E-state index contributed by atoms with van der Waals surface area (Å²) in [7, 11) is 1.52. The fourth-order valence-electron chi connectivity index (χ4n) is 1.03. The number of anilines is 1. The predicted molar refractivity (Wildman–Crippen MR) is 55.1 cm³/mol. The second-order valence-electron chi connectivity index (χ2n) is 2.94. The number of nitrogens with zero attached hydrogens (tertiary/aromatic N) is 2. The first kappa shape index (κ1) is 11.5. The molecule has 6 heteroatoms.